The minimum atomic E-state index is -0.181. The molecule has 0 unspecified atom stereocenters. The number of hydrogen-bond donors (Lipinski definition) is 1. The van der Waals surface area contributed by atoms with Crippen LogP contribution in [0.4, 0.5) is 5.69 Å². The molecular weight excluding hydrogens is 270 g/mol. The van der Waals surface area contributed by atoms with Crippen molar-refractivity contribution in [1.82, 2.24) is 9.78 Å². The molecule has 1 aromatic heterocycles. The number of nitrogens with zero attached hydrogens (tertiary/aromatic N) is 2. The third-order valence-electron chi connectivity index (χ3n) is 3.67. The quantitative estimate of drug-likeness (QED) is 0.936. The Bertz CT molecular complexity index is 691. The molecule has 0 saturated heterocycles. The molecule has 2 aromatic rings. The molecule has 1 amide bonds. The van der Waals surface area contributed by atoms with Crippen LogP contribution in [0.15, 0.2) is 30.6 Å². The second-order valence-corrected chi connectivity index (χ2v) is 5.42. The first kappa shape index (κ1) is 12.3. The number of hydrogen-bond acceptors (Lipinski definition) is 4. The number of aromatic nitrogens is 2. The Balaban J connectivity index is 1.46. The zero-order chi connectivity index (χ0) is 14.2. The number of amides is 1. The van der Waals surface area contributed by atoms with E-state index in [4.69, 9.17) is 9.47 Å². The maximum atomic E-state index is 12.2. The highest BCUT2D eigenvalue weighted by Gasteiger charge is 2.22. The topological polar surface area (TPSA) is 65.4 Å². The third-order valence-corrected chi connectivity index (χ3v) is 3.67. The molecular formula is C15H15N3O3. The summed E-state index contributed by atoms with van der Waals surface area (Å²) < 4.78 is 12.4. The number of nitrogens with one attached hydrogen (secondary N) is 1. The number of rotatable bonds is 4. The van der Waals surface area contributed by atoms with Crippen molar-refractivity contribution >= 4 is 11.6 Å². The average Bonchev–Trinajstić information content (AvgIpc) is 3.00. The van der Waals surface area contributed by atoms with Gasteiger partial charge in [-0.25, -0.2) is 0 Å². The molecule has 2 heterocycles. The Kier molecular flexibility index (Phi) is 2.80. The summed E-state index contributed by atoms with van der Waals surface area (Å²) in [5.74, 6) is 1.84. The molecule has 108 valence electrons. The minimum absolute atomic E-state index is 0.181. The number of carbonyl (C=O) groups is 1. The van der Waals surface area contributed by atoms with Crippen molar-refractivity contribution in [1.29, 1.82) is 0 Å². The van der Waals surface area contributed by atoms with Crippen LogP contribution in [-0.4, -0.2) is 22.5 Å². The van der Waals surface area contributed by atoms with E-state index in [0.717, 1.165) is 12.5 Å². The summed E-state index contributed by atoms with van der Waals surface area (Å²) in [5, 5.41) is 7.10. The van der Waals surface area contributed by atoms with Gasteiger partial charge < -0.3 is 14.8 Å². The summed E-state index contributed by atoms with van der Waals surface area (Å²) >= 11 is 0. The summed E-state index contributed by atoms with van der Waals surface area (Å²) in [6, 6.07) is 5.15. The van der Waals surface area contributed by atoms with Gasteiger partial charge >= 0.3 is 0 Å². The average molecular weight is 285 g/mol. The molecule has 6 heteroatoms. The van der Waals surface area contributed by atoms with Crippen molar-refractivity contribution in [3.8, 4) is 11.5 Å². The lowest BCUT2D eigenvalue weighted by Crippen LogP contribution is -2.11. The molecule has 1 N–H and O–H groups in total. The van der Waals surface area contributed by atoms with E-state index in [1.807, 2.05) is 10.9 Å². The number of ether oxygens (including phenoxy) is 2. The van der Waals surface area contributed by atoms with Gasteiger partial charge in [0.1, 0.15) is 0 Å². The Morgan fingerprint density at radius 2 is 2.19 bits per heavy atom. The van der Waals surface area contributed by atoms with Crippen LogP contribution in [0.25, 0.3) is 0 Å². The zero-order valence-electron chi connectivity index (χ0n) is 11.4. The van der Waals surface area contributed by atoms with Crippen LogP contribution in [0.1, 0.15) is 23.2 Å². The highest BCUT2D eigenvalue weighted by Crippen LogP contribution is 2.33. The van der Waals surface area contributed by atoms with Gasteiger partial charge in [-0.15, -0.1) is 0 Å². The summed E-state index contributed by atoms with van der Waals surface area (Å²) in [7, 11) is 0. The molecule has 0 spiro atoms. The fraction of sp³-hybridized carbons (Fsp3) is 0.333. The Morgan fingerprint density at radius 3 is 3.05 bits per heavy atom. The lowest BCUT2D eigenvalue weighted by molar-refractivity contribution is 0.102. The van der Waals surface area contributed by atoms with Gasteiger partial charge in [0.2, 0.25) is 6.79 Å². The maximum Gasteiger partial charge on any atom is 0.255 e. The lowest BCUT2D eigenvalue weighted by atomic mass is 10.2. The van der Waals surface area contributed by atoms with Gasteiger partial charge in [0.15, 0.2) is 11.5 Å². The summed E-state index contributed by atoms with van der Waals surface area (Å²) in [4.78, 5) is 12.2. The van der Waals surface area contributed by atoms with Gasteiger partial charge in [0.05, 0.1) is 11.9 Å². The molecule has 0 radical (unpaired) electrons. The molecule has 1 aliphatic heterocycles. The lowest BCUT2D eigenvalue weighted by Gasteiger charge is -2.03. The van der Waals surface area contributed by atoms with Crippen LogP contribution in [0, 0.1) is 5.92 Å². The summed E-state index contributed by atoms with van der Waals surface area (Å²) in [6.45, 7) is 1.13. The van der Waals surface area contributed by atoms with Gasteiger partial charge in [0, 0.05) is 18.3 Å². The van der Waals surface area contributed by atoms with Crippen LogP contribution < -0.4 is 14.8 Å². The summed E-state index contributed by atoms with van der Waals surface area (Å²) in [6.07, 6.45) is 6.09. The fourth-order valence-electron chi connectivity index (χ4n) is 2.33. The van der Waals surface area contributed by atoms with Crippen molar-refractivity contribution in [2.45, 2.75) is 19.4 Å². The molecule has 1 aliphatic carbocycles. The van der Waals surface area contributed by atoms with E-state index in [0.29, 0.717) is 22.7 Å². The number of anilines is 1. The van der Waals surface area contributed by atoms with Crippen LogP contribution in [-0.2, 0) is 6.54 Å². The third kappa shape index (κ3) is 2.56. The molecule has 0 bridgehead atoms. The van der Waals surface area contributed by atoms with Gasteiger partial charge in [-0.2, -0.15) is 5.10 Å². The number of benzene rings is 1. The molecule has 0 atom stereocenters. The van der Waals surface area contributed by atoms with Crippen LogP contribution in [0.3, 0.4) is 0 Å². The molecule has 2 aliphatic rings. The highest BCUT2D eigenvalue weighted by molar-refractivity contribution is 6.04. The van der Waals surface area contributed by atoms with Crippen LogP contribution in [0.5, 0.6) is 11.5 Å². The fourth-order valence-corrected chi connectivity index (χ4v) is 2.33. The minimum Gasteiger partial charge on any atom is -0.454 e. The van der Waals surface area contributed by atoms with E-state index in [9.17, 15) is 4.79 Å². The molecule has 1 aromatic carbocycles. The Morgan fingerprint density at radius 1 is 1.33 bits per heavy atom. The normalized spacial score (nSPS) is 16.0. The second-order valence-electron chi connectivity index (χ2n) is 5.42. The summed E-state index contributed by atoms with van der Waals surface area (Å²) in [5.41, 5.74) is 1.24. The van der Waals surface area contributed by atoms with E-state index in [1.165, 1.54) is 12.8 Å². The van der Waals surface area contributed by atoms with E-state index < -0.39 is 0 Å². The first-order chi connectivity index (χ1) is 10.3. The first-order valence-electron chi connectivity index (χ1n) is 7.01. The van der Waals surface area contributed by atoms with Gasteiger partial charge in [-0.05, 0) is 37.0 Å². The molecule has 4 rings (SSSR count). The zero-order valence-corrected chi connectivity index (χ0v) is 11.4. The molecule has 1 fully saturated rings. The van der Waals surface area contributed by atoms with Gasteiger partial charge in [0.25, 0.3) is 5.91 Å². The monoisotopic (exact) mass is 285 g/mol. The van der Waals surface area contributed by atoms with Crippen molar-refractivity contribution in [2.24, 2.45) is 5.92 Å². The van der Waals surface area contributed by atoms with Gasteiger partial charge in [-0.1, -0.05) is 0 Å². The predicted octanol–water partition coefficient (Wildman–Crippen LogP) is 2.27. The van der Waals surface area contributed by atoms with E-state index in [2.05, 4.69) is 10.4 Å². The SMILES string of the molecule is O=C(Nc1cnn(CC2CC2)c1)c1ccc2c(c1)OCO2. The van der Waals surface area contributed by atoms with E-state index in [-0.39, 0.29) is 12.7 Å². The van der Waals surface area contributed by atoms with Crippen molar-refractivity contribution in [3.63, 3.8) is 0 Å². The molecule has 21 heavy (non-hydrogen) atoms. The van der Waals surface area contributed by atoms with Crippen LogP contribution >= 0.6 is 0 Å². The number of fused-ring (bicyclic) bond motifs is 1. The highest BCUT2D eigenvalue weighted by atomic mass is 16.7. The van der Waals surface area contributed by atoms with E-state index in [1.54, 1.807) is 24.4 Å². The van der Waals surface area contributed by atoms with Crippen molar-refractivity contribution in [2.75, 3.05) is 12.1 Å². The molecule has 1 saturated carbocycles. The second kappa shape index (κ2) is 4.80. The number of carbonyl (C=O) groups excluding carboxylic acids is 1. The van der Waals surface area contributed by atoms with Gasteiger partial charge in [-0.3, -0.25) is 9.48 Å². The first-order valence-corrected chi connectivity index (χ1v) is 7.01. The predicted molar refractivity (Wildman–Crippen MR) is 75.5 cm³/mol. The smallest absolute Gasteiger partial charge is 0.255 e. The van der Waals surface area contributed by atoms with Crippen molar-refractivity contribution < 1.29 is 14.3 Å². The largest absolute Gasteiger partial charge is 0.454 e. The van der Waals surface area contributed by atoms with Crippen molar-refractivity contribution in [3.05, 3.63) is 36.2 Å². The standard InChI is InChI=1S/C15H15N3O3/c19-15(11-3-4-13-14(5-11)21-9-20-13)17-12-6-16-18(8-12)7-10-1-2-10/h3-6,8,10H,1-2,7,9H2,(H,17,19). The molecule has 6 nitrogen and oxygen atoms in total. The Hall–Kier alpha value is -2.50. The van der Waals surface area contributed by atoms with E-state index >= 15 is 0 Å². The van der Waals surface area contributed by atoms with Crippen LogP contribution in [0.2, 0.25) is 0 Å². The maximum absolute atomic E-state index is 12.2. The Labute approximate surface area is 121 Å².